The third-order valence-electron chi connectivity index (χ3n) is 5.31. The third-order valence-corrected chi connectivity index (χ3v) is 5.31. The fourth-order valence-electron chi connectivity index (χ4n) is 4.09. The van der Waals surface area contributed by atoms with E-state index in [4.69, 9.17) is 0 Å². The molecule has 1 aliphatic heterocycles. The molecule has 0 saturated carbocycles. The van der Waals surface area contributed by atoms with Crippen LogP contribution in [0.4, 0.5) is 0 Å². The molecule has 142 valence electrons. The summed E-state index contributed by atoms with van der Waals surface area (Å²) >= 11 is 0. The van der Waals surface area contributed by atoms with Gasteiger partial charge in [0.2, 0.25) is 5.91 Å². The van der Waals surface area contributed by atoms with Crippen LogP contribution in [0, 0.1) is 0 Å². The fourth-order valence-corrected chi connectivity index (χ4v) is 4.09. The lowest BCUT2D eigenvalue weighted by atomic mass is 10.1. The largest absolute Gasteiger partial charge is 0.337 e. The molecule has 0 aliphatic carbocycles. The maximum absolute atomic E-state index is 13.1. The zero-order valence-corrected chi connectivity index (χ0v) is 16.2. The minimum atomic E-state index is 0. The van der Waals surface area contributed by atoms with E-state index < -0.39 is 0 Å². The number of nitrogens with one attached hydrogen (secondary N) is 1. The molecule has 2 heterocycles. The molecule has 2 aromatic carbocycles. The smallest absolute Gasteiger partial charge is 0.242 e. The molecule has 4 rings (SSSR count). The average Bonchev–Trinajstić information content (AvgIpc) is 3.14. The summed E-state index contributed by atoms with van der Waals surface area (Å²) in [5, 5.41) is 4.50. The molecular weight excluding hydrogens is 362 g/mol. The topological polar surface area (TPSA) is 54.3 Å². The summed E-state index contributed by atoms with van der Waals surface area (Å²) in [5.74, 6) is 0.113. The molecular formula is C21H24ClN3O2. The van der Waals surface area contributed by atoms with E-state index in [0.29, 0.717) is 10.8 Å². The van der Waals surface area contributed by atoms with Gasteiger partial charge in [-0.1, -0.05) is 24.3 Å². The minimum Gasteiger partial charge on any atom is -0.337 e. The van der Waals surface area contributed by atoms with Crippen LogP contribution in [-0.2, 0) is 11.3 Å². The van der Waals surface area contributed by atoms with Crippen LogP contribution < -0.4 is 10.7 Å². The first-order chi connectivity index (χ1) is 12.7. The Morgan fingerprint density at radius 1 is 1.07 bits per heavy atom. The number of pyridine rings is 1. The second kappa shape index (κ2) is 8.11. The zero-order chi connectivity index (χ0) is 18.1. The number of likely N-dealkylation sites (N-methyl/N-ethyl adjacent to an activating group) is 1. The molecule has 1 aromatic heterocycles. The summed E-state index contributed by atoms with van der Waals surface area (Å²) in [6.07, 6.45) is 2.09. The van der Waals surface area contributed by atoms with Gasteiger partial charge in [-0.25, -0.2) is 0 Å². The molecule has 27 heavy (non-hydrogen) atoms. The summed E-state index contributed by atoms with van der Waals surface area (Å²) in [7, 11) is 1.92. The van der Waals surface area contributed by atoms with Gasteiger partial charge in [0.1, 0.15) is 6.54 Å². The molecule has 0 spiro atoms. The van der Waals surface area contributed by atoms with Gasteiger partial charge in [0, 0.05) is 29.9 Å². The highest BCUT2D eigenvalue weighted by Gasteiger charge is 2.28. The first-order valence-corrected chi connectivity index (χ1v) is 9.15. The van der Waals surface area contributed by atoms with Gasteiger partial charge in [-0.3, -0.25) is 9.59 Å². The van der Waals surface area contributed by atoms with Gasteiger partial charge in [-0.2, -0.15) is 0 Å². The van der Waals surface area contributed by atoms with Crippen molar-refractivity contribution in [2.45, 2.75) is 25.4 Å². The Morgan fingerprint density at radius 2 is 1.67 bits per heavy atom. The maximum atomic E-state index is 13.1. The average molecular weight is 386 g/mol. The second-order valence-corrected chi connectivity index (χ2v) is 6.89. The number of hydrogen-bond acceptors (Lipinski definition) is 3. The van der Waals surface area contributed by atoms with Crippen LogP contribution in [0.25, 0.3) is 21.8 Å². The lowest BCUT2D eigenvalue weighted by molar-refractivity contribution is -0.132. The predicted octanol–water partition coefficient (Wildman–Crippen LogP) is 2.79. The summed E-state index contributed by atoms with van der Waals surface area (Å²) in [5.41, 5.74) is 1.65. The van der Waals surface area contributed by atoms with E-state index in [1.807, 2.05) is 65.0 Å². The normalized spacial score (nSPS) is 16.6. The van der Waals surface area contributed by atoms with Crippen molar-refractivity contribution in [1.82, 2.24) is 14.8 Å². The highest BCUT2D eigenvalue weighted by atomic mass is 35.5. The van der Waals surface area contributed by atoms with E-state index in [0.717, 1.165) is 37.0 Å². The molecule has 1 unspecified atom stereocenters. The summed E-state index contributed by atoms with van der Waals surface area (Å²) in [6, 6.07) is 15.3. The molecule has 0 radical (unpaired) electrons. The van der Waals surface area contributed by atoms with Crippen molar-refractivity contribution in [3.05, 3.63) is 58.8 Å². The number of likely N-dealkylation sites (tertiary alicyclic amines) is 1. The Labute approximate surface area is 164 Å². The van der Waals surface area contributed by atoms with Gasteiger partial charge in [0.05, 0.1) is 11.0 Å². The number of aromatic nitrogens is 1. The standard InChI is InChI=1S/C21H23N3O2.ClH/c1-22-13-15-7-6-12-23(15)20(25)14-24-18-10-4-2-8-16(18)21(26)17-9-3-5-11-19(17)24;/h2-5,8-11,15,22H,6-7,12-14H2,1H3;1H. The van der Waals surface area contributed by atoms with Gasteiger partial charge in [0.25, 0.3) is 0 Å². The SMILES string of the molecule is CNCC1CCCN1C(=O)Cn1c2ccccc2c(=O)c2ccccc21.Cl. The van der Waals surface area contributed by atoms with Gasteiger partial charge < -0.3 is 14.8 Å². The quantitative estimate of drug-likeness (QED) is 0.702. The van der Waals surface area contributed by atoms with E-state index in [2.05, 4.69) is 5.32 Å². The molecule has 1 N–H and O–H groups in total. The number of carbonyl (C=O) groups excluding carboxylic acids is 1. The fraction of sp³-hybridized carbons (Fsp3) is 0.333. The molecule has 6 heteroatoms. The maximum Gasteiger partial charge on any atom is 0.242 e. The number of para-hydroxylation sites is 2. The number of benzene rings is 2. The molecule has 1 fully saturated rings. The van der Waals surface area contributed by atoms with Crippen molar-refractivity contribution >= 4 is 40.1 Å². The van der Waals surface area contributed by atoms with Gasteiger partial charge in [-0.05, 0) is 44.2 Å². The second-order valence-electron chi connectivity index (χ2n) is 6.89. The molecule has 0 bridgehead atoms. The van der Waals surface area contributed by atoms with Gasteiger partial charge in [-0.15, -0.1) is 12.4 Å². The Kier molecular flexibility index (Phi) is 5.82. The summed E-state index contributed by atoms with van der Waals surface area (Å²) in [6.45, 7) is 1.88. The van der Waals surface area contributed by atoms with Crippen LogP contribution in [0.15, 0.2) is 53.3 Å². The number of rotatable bonds is 4. The highest BCUT2D eigenvalue weighted by molar-refractivity contribution is 5.94. The Balaban J connectivity index is 0.00000210. The van der Waals surface area contributed by atoms with E-state index in [9.17, 15) is 9.59 Å². The number of carbonyl (C=O) groups is 1. The third kappa shape index (κ3) is 3.45. The molecule has 3 aromatic rings. The van der Waals surface area contributed by atoms with Crippen LogP contribution in [0.1, 0.15) is 12.8 Å². The zero-order valence-electron chi connectivity index (χ0n) is 15.4. The van der Waals surface area contributed by atoms with Gasteiger partial charge in [0.15, 0.2) is 5.43 Å². The van der Waals surface area contributed by atoms with Crippen LogP contribution in [0.5, 0.6) is 0 Å². The van der Waals surface area contributed by atoms with Gasteiger partial charge >= 0.3 is 0 Å². The lowest BCUT2D eigenvalue weighted by Gasteiger charge is -2.26. The predicted molar refractivity (Wildman–Crippen MR) is 112 cm³/mol. The van der Waals surface area contributed by atoms with Crippen molar-refractivity contribution in [2.24, 2.45) is 0 Å². The van der Waals surface area contributed by atoms with Crippen molar-refractivity contribution in [3.63, 3.8) is 0 Å². The molecule has 1 aliphatic rings. The number of halogens is 1. The van der Waals surface area contributed by atoms with Crippen LogP contribution >= 0.6 is 12.4 Å². The van der Waals surface area contributed by atoms with E-state index in [1.165, 1.54) is 0 Å². The van der Waals surface area contributed by atoms with Crippen LogP contribution in [-0.4, -0.2) is 41.6 Å². The molecule has 1 atom stereocenters. The van der Waals surface area contributed by atoms with Crippen LogP contribution in [0.2, 0.25) is 0 Å². The van der Waals surface area contributed by atoms with Crippen molar-refractivity contribution < 1.29 is 4.79 Å². The summed E-state index contributed by atoms with van der Waals surface area (Å²) < 4.78 is 1.99. The lowest BCUT2D eigenvalue weighted by Crippen LogP contribution is -2.42. The van der Waals surface area contributed by atoms with Crippen molar-refractivity contribution in [1.29, 1.82) is 0 Å². The van der Waals surface area contributed by atoms with E-state index in [1.54, 1.807) is 0 Å². The Bertz CT molecular complexity index is 971. The highest BCUT2D eigenvalue weighted by Crippen LogP contribution is 2.21. The van der Waals surface area contributed by atoms with Crippen molar-refractivity contribution in [3.8, 4) is 0 Å². The first-order valence-electron chi connectivity index (χ1n) is 9.15. The van der Waals surface area contributed by atoms with Crippen LogP contribution in [0.3, 0.4) is 0 Å². The minimum absolute atomic E-state index is 0. The summed E-state index contributed by atoms with van der Waals surface area (Å²) in [4.78, 5) is 27.9. The molecule has 1 amide bonds. The Hall–Kier alpha value is -2.37. The number of hydrogen-bond donors (Lipinski definition) is 1. The monoisotopic (exact) mass is 385 g/mol. The van der Waals surface area contributed by atoms with Crippen molar-refractivity contribution in [2.75, 3.05) is 20.1 Å². The number of fused-ring (bicyclic) bond motifs is 2. The molecule has 5 nitrogen and oxygen atoms in total. The molecule has 1 saturated heterocycles. The Morgan fingerprint density at radius 3 is 2.26 bits per heavy atom. The number of amides is 1. The van der Waals surface area contributed by atoms with E-state index in [-0.39, 0.29) is 36.3 Å². The van der Waals surface area contributed by atoms with E-state index >= 15 is 0 Å². The first kappa shape index (κ1) is 19.4. The number of nitrogens with zero attached hydrogens (tertiary/aromatic N) is 2.